The third-order valence-corrected chi connectivity index (χ3v) is 13.7. The van der Waals surface area contributed by atoms with Crippen molar-refractivity contribution in [1.29, 1.82) is 0 Å². The Labute approximate surface area is 428 Å². The first kappa shape index (κ1) is 47.9. The Morgan fingerprint density at radius 2 is 1.00 bits per heavy atom. The number of hydrogen-bond acceptors (Lipinski definition) is 3. The number of phenols is 1. The number of aromatic nitrogens is 3. The molecule has 70 heavy (non-hydrogen) atoms. The van der Waals surface area contributed by atoms with Crippen LogP contribution in [0.2, 0.25) is 0 Å². The van der Waals surface area contributed by atoms with Crippen molar-refractivity contribution in [1.82, 2.24) is 14.5 Å². The molecule has 0 spiro atoms. The first-order valence-corrected chi connectivity index (χ1v) is 24.0. The number of imidazole rings is 1. The van der Waals surface area contributed by atoms with Crippen molar-refractivity contribution >= 4 is 11.0 Å². The number of nitrogens with zero attached hydrogens (tertiary/aromatic N) is 3. The predicted octanol–water partition coefficient (Wildman–Crippen LogP) is 16.8. The van der Waals surface area contributed by atoms with Gasteiger partial charge in [-0.25, -0.2) is 4.98 Å². The minimum atomic E-state index is -0.185. The number of aromatic hydroxyl groups is 1. The summed E-state index contributed by atoms with van der Waals surface area (Å²) in [5.74, 6) is 0.825. The van der Waals surface area contributed by atoms with Crippen LogP contribution in [0.15, 0.2) is 200 Å². The van der Waals surface area contributed by atoms with E-state index < -0.39 is 0 Å². The van der Waals surface area contributed by atoms with E-state index in [9.17, 15) is 5.11 Å². The van der Waals surface area contributed by atoms with Crippen molar-refractivity contribution in [3.63, 3.8) is 0 Å². The van der Waals surface area contributed by atoms with Crippen LogP contribution >= 0.6 is 0 Å². The molecular formula is C65H58N3OPt-. The molecule has 0 unspecified atom stereocenters. The van der Waals surface area contributed by atoms with Crippen molar-refractivity contribution < 1.29 is 26.2 Å². The van der Waals surface area contributed by atoms with E-state index in [0.29, 0.717) is 11.4 Å². The molecule has 5 heteroatoms. The van der Waals surface area contributed by atoms with Crippen LogP contribution in [0.1, 0.15) is 77.6 Å². The van der Waals surface area contributed by atoms with Crippen molar-refractivity contribution in [3.8, 4) is 78.6 Å². The molecule has 0 aliphatic carbocycles. The second kappa shape index (κ2) is 19.0. The van der Waals surface area contributed by atoms with Gasteiger partial charge in [-0.1, -0.05) is 218 Å². The molecule has 0 bridgehead atoms. The van der Waals surface area contributed by atoms with Crippen LogP contribution in [-0.2, 0) is 37.3 Å². The minimum absolute atomic E-state index is 0. The molecule has 8 aromatic carbocycles. The maximum atomic E-state index is 12.3. The van der Waals surface area contributed by atoms with E-state index in [1.54, 1.807) is 0 Å². The molecule has 350 valence electrons. The zero-order valence-electron chi connectivity index (χ0n) is 41.2. The Bertz CT molecular complexity index is 3490. The van der Waals surface area contributed by atoms with Gasteiger partial charge in [-0.05, 0) is 80.1 Å². The van der Waals surface area contributed by atoms with Gasteiger partial charge in [0.25, 0.3) is 0 Å². The monoisotopic (exact) mass is 1090 g/mol. The zero-order chi connectivity index (χ0) is 48.1. The van der Waals surface area contributed by atoms with Crippen molar-refractivity contribution in [2.24, 2.45) is 0 Å². The third-order valence-electron chi connectivity index (χ3n) is 13.7. The standard InChI is InChI=1S/C65H58N3O.Pt/c1-63(2,3)50-33-34-58(56(42-50)44-23-14-10-15-24-44)68-59-32-20-29-53(60(59)67-62(68)55-31-19-30-54(61(55)69)43-21-12-9-13-22-43)47-37-48(40-52(39-47)64(4,5)6)57-41-46(35-36-66-57)45-25-18-28-51(38-45)65(7,8)49-26-16-11-17-27-49;/h9-36,38-42,69H,1-8H3;/q-1;. The van der Waals surface area contributed by atoms with Gasteiger partial charge < -0.3 is 5.11 Å². The summed E-state index contributed by atoms with van der Waals surface area (Å²) in [6, 6.07) is 72.0. The van der Waals surface area contributed by atoms with Gasteiger partial charge in [0.05, 0.1) is 22.3 Å². The molecular weight excluding hydrogens is 1030 g/mol. The van der Waals surface area contributed by atoms with E-state index in [-0.39, 0.29) is 43.1 Å². The summed E-state index contributed by atoms with van der Waals surface area (Å²) in [7, 11) is 0. The average molecular weight is 1090 g/mol. The van der Waals surface area contributed by atoms with Crippen LogP contribution in [-0.4, -0.2) is 19.6 Å². The van der Waals surface area contributed by atoms with Crippen molar-refractivity contribution in [2.75, 3.05) is 0 Å². The van der Waals surface area contributed by atoms with Crippen molar-refractivity contribution in [2.45, 2.75) is 71.6 Å². The van der Waals surface area contributed by atoms with Crippen LogP contribution in [0, 0.1) is 6.07 Å². The van der Waals surface area contributed by atoms with Crippen LogP contribution in [0.3, 0.4) is 0 Å². The van der Waals surface area contributed by atoms with Crippen LogP contribution < -0.4 is 0 Å². The number of rotatable bonds is 9. The Kier molecular flexibility index (Phi) is 13.0. The van der Waals surface area contributed by atoms with E-state index in [2.05, 4.69) is 212 Å². The second-order valence-corrected chi connectivity index (χ2v) is 20.8. The summed E-state index contributed by atoms with van der Waals surface area (Å²) in [6.07, 6.45) is 1.91. The first-order valence-electron chi connectivity index (χ1n) is 24.0. The first-order chi connectivity index (χ1) is 33.1. The second-order valence-electron chi connectivity index (χ2n) is 20.8. The molecule has 0 radical (unpaired) electrons. The predicted molar refractivity (Wildman–Crippen MR) is 288 cm³/mol. The van der Waals surface area contributed by atoms with E-state index >= 15 is 0 Å². The number of pyridine rings is 1. The van der Waals surface area contributed by atoms with Gasteiger partial charge in [-0.15, -0.1) is 29.3 Å². The largest absolute Gasteiger partial charge is 0.507 e. The third kappa shape index (κ3) is 9.21. The van der Waals surface area contributed by atoms with E-state index in [0.717, 1.165) is 72.5 Å². The van der Waals surface area contributed by atoms with Gasteiger partial charge >= 0.3 is 0 Å². The summed E-state index contributed by atoms with van der Waals surface area (Å²) >= 11 is 0. The Hall–Kier alpha value is -7.13. The van der Waals surface area contributed by atoms with Crippen LogP contribution in [0.25, 0.3) is 83.9 Å². The smallest absolute Gasteiger partial charge is 0.148 e. The summed E-state index contributed by atoms with van der Waals surface area (Å²) in [6.45, 7) is 18.1. The Balaban J connectivity index is 0.00000608. The molecule has 2 heterocycles. The molecule has 0 fully saturated rings. The summed E-state index contributed by atoms with van der Waals surface area (Å²) in [5, 5.41) is 12.3. The maximum absolute atomic E-state index is 12.3. The number of para-hydroxylation sites is 2. The van der Waals surface area contributed by atoms with Crippen LogP contribution in [0.5, 0.6) is 5.75 Å². The maximum Gasteiger partial charge on any atom is 0.148 e. The average Bonchev–Trinajstić information content (AvgIpc) is 3.76. The van der Waals surface area contributed by atoms with E-state index in [4.69, 9.17) is 9.97 Å². The van der Waals surface area contributed by atoms with Gasteiger partial charge in [-0.2, -0.15) is 0 Å². The minimum Gasteiger partial charge on any atom is -0.507 e. The molecule has 4 nitrogen and oxygen atoms in total. The van der Waals surface area contributed by atoms with Gasteiger partial charge in [0.2, 0.25) is 0 Å². The van der Waals surface area contributed by atoms with Crippen molar-refractivity contribution in [3.05, 3.63) is 229 Å². The fraction of sp³-hybridized carbons (Fsp3) is 0.169. The fourth-order valence-corrected chi connectivity index (χ4v) is 9.51. The zero-order valence-corrected chi connectivity index (χ0v) is 43.4. The molecule has 0 amide bonds. The SMILES string of the molecule is CC(C)(C)c1cc(-c2cc(-c3cccc(C(C)(C)c4ccccc4)c3)ccn2)[c-]c(-c2cccc3c2nc(-c2cccc(-c4ccccc4)c2O)n3-c2ccc(C(C)(C)C)cc2-c2ccccc2)c1.[Pt]. The van der Waals surface area contributed by atoms with Crippen LogP contribution in [0.4, 0.5) is 0 Å². The molecule has 0 aliphatic rings. The van der Waals surface area contributed by atoms with E-state index in [1.807, 2.05) is 54.7 Å². The molecule has 2 aromatic heterocycles. The van der Waals surface area contributed by atoms with Gasteiger partial charge in [0, 0.05) is 49.5 Å². The number of fused-ring (bicyclic) bond motifs is 1. The number of hydrogen-bond donors (Lipinski definition) is 1. The topological polar surface area (TPSA) is 50.9 Å². The van der Waals surface area contributed by atoms with Gasteiger partial charge in [0.15, 0.2) is 0 Å². The quantitative estimate of drug-likeness (QED) is 0.147. The summed E-state index contributed by atoms with van der Waals surface area (Å²) in [4.78, 5) is 10.6. The molecule has 10 aromatic rings. The summed E-state index contributed by atoms with van der Waals surface area (Å²) in [5.41, 5.74) is 17.5. The molecule has 0 saturated heterocycles. The fourth-order valence-electron chi connectivity index (χ4n) is 9.51. The molecule has 0 atom stereocenters. The van der Waals surface area contributed by atoms with Gasteiger partial charge in [0.1, 0.15) is 11.6 Å². The molecule has 10 rings (SSSR count). The summed E-state index contributed by atoms with van der Waals surface area (Å²) < 4.78 is 2.24. The molecule has 0 aliphatic heterocycles. The molecule has 1 N–H and O–H groups in total. The molecule has 0 saturated carbocycles. The number of benzene rings is 8. The Morgan fingerprint density at radius 3 is 1.69 bits per heavy atom. The number of phenolic OH excluding ortho intramolecular Hbond substituents is 1. The Morgan fingerprint density at radius 1 is 0.443 bits per heavy atom. The van der Waals surface area contributed by atoms with Gasteiger partial charge in [-0.3, -0.25) is 9.55 Å². The normalized spacial score (nSPS) is 11.9. The van der Waals surface area contributed by atoms with E-state index in [1.165, 1.54) is 22.3 Å².